The van der Waals surface area contributed by atoms with Crippen LogP contribution >= 0.6 is 0 Å². The van der Waals surface area contributed by atoms with Gasteiger partial charge >= 0.3 is 5.97 Å². The fourth-order valence-corrected chi connectivity index (χ4v) is 1.69. The second-order valence-corrected chi connectivity index (χ2v) is 3.73. The topological polar surface area (TPSA) is 90.4 Å². The number of nitrogens with one attached hydrogen (secondary N) is 1. The van der Waals surface area contributed by atoms with E-state index in [0.29, 0.717) is 10.9 Å². The normalized spacial score (nSPS) is 11.2. The van der Waals surface area contributed by atoms with E-state index in [1.165, 1.54) is 12.3 Å². The first kappa shape index (κ1) is 12.1. The minimum atomic E-state index is -1.26. The summed E-state index contributed by atoms with van der Waals surface area (Å²) in [6, 6.07) is 5.05. The Morgan fingerprint density at radius 1 is 1.39 bits per heavy atom. The van der Waals surface area contributed by atoms with Crippen molar-refractivity contribution in [1.29, 1.82) is 0 Å². The number of fused-ring (bicyclic) bond motifs is 1. The van der Waals surface area contributed by atoms with Crippen molar-refractivity contribution in [3.8, 4) is 0 Å². The number of aliphatic hydroxyl groups excluding tert-OH is 1. The van der Waals surface area contributed by atoms with E-state index >= 15 is 0 Å². The zero-order valence-electron chi connectivity index (χ0n) is 9.38. The number of hydrogen-bond donors (Lipinski definition) is 3. The van der Waals surface area contributed by atoms with Crippen molar-refractivity contribution in [3.05, 3.63) is 51.8 Å². The van der Waals surface area contributed by atoms with E-state index in [0.717, 1.165) is 5.56 Å². The van der Waals surface area contributed by atoms with Crippen LogP contribution in [0, 0.1) is 0 Å². The van der Waals surface area contributed by atoms with Gasteiger partial charge in [0.2, 0.25) is 5.43 Å². The van der Waals surface area contributed by atoms with Gasteiger partial charge < -0.3 is 15.2 Å². The maximum absolute atomic E-state index is 11.9. The Morgan fingerprint density at radius 2 is 2.17 bits per heavy atom. The number of hydrogen-bond acceptors (Lipinski definition) is 3. The van der Waals surface area contributed by atoms with Crippen LogP contribution in [0.25, 0.3) is 17.0 Å². The lowest BCUT2D eigenvalue weighted by atomic mass is 10.1. The van der Waals surface area contributed by atoms with Crippen molar-refractivity contribution in [3.63, 3.8) is 0 Å². The fraction of sp³-hybridized carbons (Fsp3) is 0.0769. The number of aliphatic hydroxyl groups is 1. The Kier molecular flexibility index (Phi) is 3.25. The molecule has 0 spiro atoms. The Balaban J connectivity index is 2.67. The van der Waals surface area contributed by atoms with Crippen LogP contribution in [0.5, 0.6) is 0 Å². The Morgan fingerprint density at radius 3 is 2.83 bits per heavy atom. The van der Waals surface area contributed by atoms with Gasteiger partial charge in [-0.1, -0.05) is 18.2 Å². The van der Waals surface area contributed by atoms with Gasteiger partial charge in [0.25, 0.3) is 0 Å². The number of carboxylic acid groups (broad SMARTS) is 1. The maximum Gasteiger partial charge on any atom is 0.341 e. The van der Waals surface area contributed by atoms with Gasteiger partial charge in [0.05, 0.1) is 6.61 Å². The Bertz CT molecular complexity index is 685. The number of carbonyl (C=O) groups is 1. The maximum atomic E-state index is 11.9. The lowest BCUT2D eigenvalue weighted by molar-refractivity contribution is 0.0695. The SMILES string of the molecule is O=C(O)c1c[nH]c2ccc(C=CCO)cc2c1=O. The van der Waals surface area contributed by atoms with Crippen molar-refractivity contribution in [2.24, 2.45) is 0 Å². The molecule has 0 aliphatic rings. The largest absolute Gasteiger partial charge is 0.477 e. The molecule has 0 saturated carbocycles. The van der Waals surface area contributed by atoms with Crippen molar-refractivity contribution >= 4 is 22.9 Å². The van der Waals surface area contributed by atoms with Gasteiger partial charge in [-0.3, -0.25) is 4.79 Å². The molecule has 1 aromatic heterocycles. The van der Waals surface area contributed by atoms with Crippen molar-refractivity contribution in [2.75, 3.05) is 6.61 Å². The second kappa shape index (κ2) is 4.85. The molecular weight excluding hydrogens is 234 g/mol. The molecule has 0 aliphatic carbocycles. The number of carboxylic acids is 1. The molecule has 0 atom stereocenters. The molecule has 0 unspecified atom stereocenters. The van der Waals surface area contributed by atoms with Crippen LogP contribution in [-0.4, -0.2) is 27.8 Å². The van der Waals surface area contributed by atoms with Crippen LogP contribution in [0.3, 0.4) is 0 Å². The third-order valence-corrected chi connectivity index (χ3v) is 2.55. The van der Waals surface area contributed by atoms with Gasteiger partial charge in [-0.05, 0) is 17.7 Å². The molecule has 0 aliphatic heterocycles. The minimum Gasteiger partial charge on any atom is -0.477 e. The quantitative estimate of drug-likeness (QED) is 0.758. The summed E-state index contributed by atoms with van der Waals surface area (Å²) in [5.41, 5.74) is 0.497. The smallest absolute Gasteiger partial charge is 0.341 e. The van der Waals surface area contributed by atoms with E-state index in [9.17, 15) is 9.59 Å². The van der Waals surface area contributed by atoms with Crippen molar-refractivity contribution < 1.29 is 15.0 Å². The van der Waals surface area contributed by atoms with E-state index in [2.05, 4.69) is 4.98 Å². The molecule has 92 valence electrons. The third kappa shape index (κ3) is 2.16. The molecule has 18 heavy (non-hydrogen) atoms. The number of aromatic carboxylic acids is 1. The van der Waals surface area contributed by atoms with Gasteiger partial charge in [0, 0.05) is 17.1 Å². The van der Waals surface area contributed by atoms with Crippen LogP contribution in [0.15, 0.2) is 35.3 Å². The summed E-state index contributed by atoms with van der Waals surface area (Å²) in [6.07, 6.45) is 4.39. The van der Waals surface area contributed by atoms with Crippen molar-refractivity contribution in [1.82, 2.24) is 4.98 Å². The average molecular weight is 245 g/mol. The average Bonchev–Trinajstić information content (AvgIpc) is 2.36. The zero-order chi connectivity index (χ0) is 13.1. The highest BCUT2D eigenvalue weighted by Crippen LogP contribution is 2.12. The number of aromatic amines is 1. The summed E-state index contributed by atoms with van der Waals surface area (Å²) in [6.45, 7) is -0.0937. The second-order valence-electron chi connectivity index (χ2n) is 3.73. The van der Waals surface area contributed by atoms with Crippen LogP contribution in [-0.2, 0) is 0 Å². The Hall–Kier alpha value is -2.40. The molecule has 1 aromatic carbocycles. The van der Waals surface area contributed by atoms with Gasteiger partial charge in [0.1, 0.15) is 5.56 Å². The predicted octanol–water partition coefficient (Wildman–Crippen LogP) is 1.23. The zero-order valence-corrected chi connectivity index (χ0v) is 9.38. The van der Waals surface area contributed by atoms with E-state index in [4.69, 9.17) is 10.2 Å². The molecule has 0 radical (unpaired) electrons. The number of benzene rings is 1. The first-order valence-electron chi connectivity index (χ1n) is 5.29. The van der Waals surface area contributed by atoms with Crippen molar-refractivity contribution in [2.45, 2.75) is 0 Å². The Labute approximate surface area is 102 Å². The van der Waals surface area contributed by atoms with Crippen LogP contribution < -0.4 is 5.43 Å². The van der Waals surface area contributed by atoms with Crippen LogP contribution in [0.4, 0.5) is 0 Å². The summed E-state index contributed by atoms with van der Waals surface area (Å²) >= 11 is 0. The summed E-state index contributed by atoms with van der Waals surface area (Å²) in [7, 11) is 0. The first-order chi connectivity index (χ1) is 8.63. The molecule has 0 bridgehead atoms. The highest BCUT2D eigenvalue weighted by molar-refractivity contribution is 5.92. The molecule has 5 heteroatoms. The fourth-order valence-electron chi connectivity index (χ4n) is 1.69. The van der Waals surface area contributed by atoms with E-state index in [1.807, 2.05) is 0 Å². The molecule has 0 fully saturated rings. The monoisotopic (exact) mass is 245 g/mol. The number of H-pyrrole nitrogens is 1. The standard InChI is InChI=1S/C13H11NO4/c15-5-1-2-8-3-4-11-9(6-8)12(16)10(7-14-11)13(17)18/h1-4,6-7,15H,5H2,(H,14,16)(H,17,18). The highest BCUT2D eigenvalue weighted by atomic mass is 16.4. The van der Waals surface area contributed by atoms with E-state index < -0.39 is 11.4 Å². The van der Waals surface area contributed by atoms with E-state index in [-0.39, 0.29) is 12.2 Å². The van der Waals surface area contributed by atoms with Crippen LogP contribution in [0.1, 0.15) is 15.9 Å². The minimum absolute atomic E-state index is 0.0937. The van der Waals surface area contributed by atoms with Gasteiger partial charge in [0.15, 0.2) is 0 Å². The molecule has 1 heterocycles. The molecule has 2 aromatic rings. The predicted molar refractivity (Wildman–Crippen MR) is 67.6 cm³/mol. The lowest BCUT2D eigenvalue weighted by Gasteiger charge is -2.01. The van der Waals surface area contributed by atoms with Gasteiger partial charge in [-0.15, -0.1) is 0 Å². The molecule has 0 amide bonds. The summed E-state index contributed by atoms with van der Waals surface area (Å²) < 4.78 is 0. The number of pyridine rings is 1. The van der Waals surface area contributed by atoms with E-state index in [1.54, 1.807) is 24.3 Å². The highest BCUT2D eigenvalue weighted by Gasteiger charge is 2.11. The molecule has 2 rings (SSSR count). The first-order valence-corrected chi connectivity index (χ1v) is 5.29. The van der Waals surface area contributed by atoms with Crippen LogP contribution in [0.2, 0.25) is 0 Å². The summed E-state index contributed by atoms with van der Waals surface area (Å²) in [5.74, 6) is -1.26. The number of aromatic nitrogens is 1. The number of rotatable bonds is 3. The summed E-state index contributed by atoms with van der Waals surface area (Å²) in [4.78, 5) is 25.5. The van der Waals surface area contributed by atoms with Gasteiger partial charge in [-0.2, -0.15) is 0 Å². The van der Waals surface area contributed by atoms with Gasteiger partial charge in [-0.25, -0.2) is 4.79 Å². The lowest BCUT2D eigenvalue weighted by Crippen LogP contribution is -2.15. The molecule has 5 nitrogen and oxygen atoms in total. The molecular formula is C13H11NO4. The molecule has 0 saturated heterocycles. The summed E-state index contributed by atoms with van der Waals surface area (Å²) in [5, 5.41) is 17.9. The third-order valence-electron chi connectivity index (χ3n) is 2.55. The molecule has 3 N–H and O–H groups in total.